The van der Waals surface area contributed by atoms with Crippen molar-refractivity contribution in [1.82, 2.24) is 19.1 Å². The van der Waals surface area contributed by atoms with E-state index in [1.807, 2.05) is 30.5 Å². The summed E-state index contributed by atoms with van der Waals surface area (Å²) >= 11 is 0. The molecule has 8 rings (SSSR count). The van der Waals surface area contributed by atoms with Crippen LogP contribution in [0.5, 0.6) is 0 Å². The van der Waals surface area contributed by atoms with Crippen LogP contribution in [0.2, 0.25) is 0 Å². The summed E-state index contributed by atoms with van der Waals surface area (Å²) in [4.78, 5) is 10.1. The number of para-hydroxylation sites is 3. The summed E-state index contributed by atoms with van der Waals surface area (Å²) in [6.45, 7) is 0. The maximum atomic E-state index is 5.22. The second kappa shape index (κ2) is 9.07. The molecular formula is C36H24N4. The molecule has 0 unspecified atom stereocenters. The Kier molecular flexibility index (Phi) is 5.10. The highest BCUT2D eigenvalue weighted by atomic mass is 15.1. The highest BCUT2D eigenvalue weighted by Crippen LogP contribution is 2.36. The van der Waals surface area contributed by atoms with Gasteiger partial charge in [-0.2, -0.15) is 0 Å². The molecule has 5 aromatic carbocycles. The molecule has 4 nitrogen and oxygen atoms in total. The van der Waals surface area contributed by atoms with Gasteiger partial charge in [0.2, 0.25) is 0 Å². The first-order chi connectivity index (χ1) is 19.9. The van der Waals surface area contributed by atoms with E-state index < -0.39 is 0 Å². The SMILES string of the molecule is c1ccc(-c2nc3c(-c4cccc(-n5c6ccccc6c6ccccc65)c4)ccnc3n2-c2ccccc2)cc1. The minimum absolute atomic E-state index is 0.838. The minimum atomic E-state index is 0.838. The van der Waals surface area contributed by atoms with Crippen molar-refractivity contribution in [2.24, 2.45) is 0 Å². The fourth-order valence-corrected chi connectivity index (χ4v) is 5.82. The number of pyridine rings is 1. The van der Waals surface area contributed by atoms with Crippen molar-refractivity contribution >= 4 is 33.0 Å². The van der Waals surface area contributed by atoms with Crippen LogP contribution in [0, 0.1) is 0 Å². The molecule has 4 heteroatoms. The van der Waals surface area contributed by atoms with E-state index in [1.165, 1.54) is 21.8 Å². The molecule has 0 aliphatic heterocycles. The van der Waals surface area contributed by atoms with E-state index >= 15 is 0 Å². The van der Waals surface area contributed by atoms with Gasteiger partial charge in [-0.05, 0) is 48.0 Å². The third-order valence-corrected chi connectivity index (χ3v) is 7.59. The van der Waals surface area contributed by atoms with Gasteiger partial charge in [-0.15, -0.1) is 0 Å². The molecule has 0 radical (unpaired) electrons. The second-order valence-corrected chi connectivity index (χ2v) is 9.92. The lowest BCUT2D eigenvalue weighted by Crippen LogP contribution is -1.98. The third kappa shape index (κ3) is 3.47. The Hall–Kier alpha value is -5.48. The van der Waals surface area contributed by atoms with Gasteiger partial charge >= 0.3 is 0 Å². The average Bonchev–Trinajstić information content (AvgIpc) is 3.59. The summed E-state index contributed by atoms with van der Waals surface area (Å²) in [5, 5.41) is 2.51. The molecule has 8 aromatic rings. The molecule has 40 heavy (non-hydrogen) atoms. The van der Waals surface area contributed by atoms with Gasteiger partial charge in [-0.25, -0.2) is 9.97 Å². The van der Waals surface area contributed by atoms with Crippen LogP contribution < -0.4 is 0 Å². The predicted molar refractivity (Wildman–Crippen MR) is 164 cm³/mol. The highest BCUT2D eigenvalue weighted by Gasteiger charge is 2.19. The number of imidazole rings is 1. The van der Waals surface area contributed by atoms with E-state index in [2.05, 4.69) is 124 Å². The van der Waals surface area contributed by atoms with Gasteiger partial charge in [-0.1, -0.05) is 97.1 Å². The van der Waals surface area contributed by atoms with Crippen molar-refractivity contribution in [3.05, 3.63) is 146 Å². The number of benzene rings is 5. The van der Waals surface area contributed by atoms with Crippen molar-refractivity contribution < 1.29 is 0 Å². The van der Waals surface area contributed by atoms with Crippen molar-refractivity contribution in [2.75, 3.05) is 0 Å². The normalized spacial score (nSPS) is 11.5. The highest BCUT2D eigenvalue weighted by molar-refractivity contribution is 6.09. The van der Waals surface area contributed by atoms with E-state index in [1.54, 1.807) is 0 Å². The molecule has 0 N–H and O–H groups in total. The predicted octanol–water partition coefficient (Wildman–Crippen LogP) is 8.85. The molecule has 0 fully saturated rings. The zero-order valence-corrected chi connectivity index (χ0v) is 21.6. The number of aromatic nitrogens is 4. The van der Waals surface area contributed by atoms with Crippen molar-refractivity contribution in [1.29, 1.82) is 0 Å². The van der Waals surface area contributed by atoms with Gasteiger partial charge in [0.1, 0.15) is 11.3 Å². The lowest BCUT2D eigenvalue weighted by atomic mass is 10.1. The molecule has 3 aromatic heterocycles. The fraction of sp³-hybridized carbons (Fsp3) is 0. The molecule has 0 bridgehead atoms. The van der Waals surface area contributed by atoms with Crippen LogP contribution in [0.15, 0.2) is 146 Å². The zero-order chi connectivity index (χ0) is 26.5. The molecule has 0 aliphatic carbocycles. The summed E-state index contributed by atoms with van der Waals surface area (Å²) in [6.07, 6.45) is 1.89. The Bertz CT molecular complexity index is 2100. The maximum absolute atomic E-state index is 5.22. The van der Waals surface area contributed by atoms with E-state index in [9.17, 15) is 0 Å². The van der Waals surface area contributed by atoms with Crippen LogP contribution in [0.1, 0.15) is 0 Å². The summed E-state index contributed by atoms with van der Waals surface area (Å²) in [7, 11) is 0. The van der Waals surface area contributed by atoms with Crippen LogP contribution in [0.25, 0.3) is 66.9 Å². The van der Waals surface area contributed by atoms with Crippen molar-refractivity contribution in [3.63, 3.8) is 0 Å². The Balaban J connectivity index is 1.37. The third-order valence-electron chi connectivity index (χ3n) is 7.59. The first-order valence-corrected chi connectivity index (χ1v) is 13.4. The number of hydrogen-bond donors (Lipinski definition) is 0. The largest absolute Gasteiger partial charge is 0.309 e. The number of nitrogens with zero attached hydrogens (tertiary/aromatic N) is 4. The number of hydrogen-bond acceptors (Lipinski definition) is 2. The Morgan fingerprint density at radius 1 is 0.475 bits per heavy atom. The number of fused-ring (bicyclic) bond motifs is 4. The molecule has 3 heterocycles. The van der Waals surface area contributed by atoms with Crippen LogP contribution >= 0.6 is 0 Å². The van der Waals surface area contributed by atoms with Gasteiger partial charge in [0.25, 0.3) is 0 Å². The smallest absolute Gasteiger partial charge is 0.165 e. The molecular weight excluding hydrogens is 488 g/mol. The Morgan fingerprint density at radius 3 is 1.80 bits per heavy atom. The van der Waals surface area contributed by atoms with Crippen molar-refractivity contribution in [2.45, 2.75) is 0 Å². The monoisotopic (exact) mass is 512 g/mol. The molecule has 0 amide bonds. The zero-order valence-electron chi connectivity index (χ0n) is 21.6. The minimum Gasteiger partial charge on any atom is -0.309 e. The lowest BCUT2D eigenvalue weighted by molar-refractivity contribution is 1.08. The van der Waals surface area contributed by atoms with E-state index in [4.69, 9.17) is 9.97 Å². The molecule has 0 atom stereocenters. The van der Waals surface area contributed by atoms with Crippen LogP contribution in [0.3, 0.4) is 0 Å². The lowest BCUT2D eigenvalue weighted by Gasteiger charge is -2.11. The quantitative estimate of drug-likeness (QED) is 0.236. The summed E-state index contributed by atoms with van der Waals surface area (Å²) in [6, 6.07) is 48.7. The average molecular weight is 513 g/mol. The van der Waals surface area contributed by atoms with Gasteiger partial charge in [0.05, 0.1) is 11.0 Å². The van der Waals surface area contributed by atoms with Gasteiger partial charge < -0.3 is 4.57 Å². The van der Waals surface area contributed by atoms with Gasteiger partial charge in [0.15, 0.2) is 5.65 Å². The number of rotatable bonds is 4. The fourth-order valence-electron chi connectivity index (χ4n) is 5.82. The topological polar surface area (TPSA) is 35.6 Å². The van der Waals surface area contributed by atoms with Crippen LogP contribution in [-0.2, 0) is 0 Å². The Labute approximate surface area is 231 Å². The van der Waals surface area contributed by atoms with Crippen LogP contribution in [-0.4, -0.2) is 19.1 Å². The summed E-state index contributed by atoms with van der Waals surface area (Å²) < 4.78 is 4.51. The first kappa shape index (κ1) is 22.5. The van der Waals surface area contributed by atoms with Crippen molar-refractivity contribution in [3.8, 4) is 33.9 Å². The van der Waals surface area contributed by atoms with Gasteiger partial charge in [-0.3, -0.25) is 4.57 Å². The van der Waals surface area contributed by atoms with E-state index in [0.717, 1.165) is 45.1 Å². The molecule has 0 saturated carbocycles. The van der Waals surface area contributed by atoms with Crippen LogP contribution in [0.4, 0.5) is 0 Å². The summed E-state index contributed by atoms with van der Waals surface area (Å²) in [5.74, 6) is 0.875. The molecule has 188 valence electrons. The first-order valence-electron chi connectivity index (χ1n) is 13.4. The Morgan fingerprint density at radius 2 is 1.07 bits per heavy atom. The summed E-state index contributed by atoms with van der Waals surface area (Å²) in [5.41, 5.74) is 9.46. The molecule has 0 aliphatic rings. The van der Waals surface area contributed by atoms with E-state index in [0.29, 0.717) is 0 Å². The maximum Gasteiger partial charge on any atom is 0.165 e. The molecule has 0 spiro atoms. The second-order valence-electron chi connectivity index (χ2n) is 9.92. The van der Waals surface area contributed by atoms with E-state index in [-0.39, 0.29) is 0 Å². The molecule has 0 saturated heterocycles. The standard InChI is InChI=1S/C36H24N4/c1-3-12-25(13-4-1)35-38-34-29(22-23-37-36(34)40(35)27-15-5-2-6-16-27)26-14-11-17-28(24-26)39-32-20-9-7-18-30(32)31-19-8-10-21-33(31)39/h1-24H. The van der Waals surface area contributed by atoms with Gasteiger partial charge in [0, 0.05) is 39.5 Å².